The van der Waals surface area contributed by atoms with Crippen LogP contribution in [0.15, 0.2) is 24.3 Å². The van der Waals surface area contributed by atoms with Gasteiger partial charge in [-0.1, -0.05) is 25.8 Å². The Kier molecular flexibility index (Phi) is 5.76. The summed E-state index contributed by atoms with van der Waals surface area (Å²) in [7, 11) is 1.71. The molecule has 0 heterocycles. The smallest absolute Gasteiger partial charge is 0.120 e. The number of rotatable bonds is 7. The minimum Gasteiger partial charge on any atom is -0.497 e. The van der Waals surface area contributed by atoms with Crippen molar-refractivity contribution >= 4 is 5.69 Å². The van der Waals surface area contributed by atoms with E-state index in [9.17, 15) is 0 Å². The first-order valence-corrected chi connectivity index (χ1v) is 6.20. The Bertz CT molecular complexity index is 299. The molecule has 16 heavy (non-hydrogen) atoms. The molecule has 0 aromatic heterocycles. The van der Waals surface area contributed by atoms with Crippen molar-refractivity contribution in [3.05, 3.63) is 24.3 Å². The van der Waals surface area contributed by atoms with Gasteiger partial charge in [0.2, 0.25) is 0 Å². The summed E-state index contributed by atoms with van der Waals surface area (Å²) >= 11 is 0. The van der Waals surface area contributed by atoms with Crippen LogP contribution in [0.5, 0.6) is 5.75 Å². The summed E-state index contributed by atoms with van der Waals surface area (Å²) in [6.45, 7) is 6.63. The normalized spacial score (nSPS) is 10.2. The van der Waals surface area contributed by atoms with Crippen LogP contribution < -0.4 is 9.64 Å². The number of unbranched alkanes of at least 4 members (excludes halogenated alkanes) is 2. The number of benzene rings is 1. The molecule has 0 aliphatic heterocycles. The van der Waals surface area contributed by atoms with Crippen LogP contribution in [0, 0.1) is 0 Å². The third kappa shape index (κ3) is 3.76. The highest BCUT2D eigenvalue weighted by Crippen LogP contribution is 2.21. The van der Waals surface area contributed by atoms with Gasteiger partial charge in [0.1, 0.15) is 5.75 Å². The van der Waals surface area contributed by atoms with E-state index in [1.165, 1.54) is 24.9 Å². The monoisotopic (exact) mass is 221 g/mol. The Labute approximate surface area is 99.2 Å². The lowest BCUT2D eigenvalue weighted by Crippen LogP contribution is -2.23. The Morgan fingerprint density at radius 3 is 2.62 bits per heavy atom. The zero-order valence-electron chi connectivity index (χ0n) is 10.7. The molecule has 1 aromatic rings. The average Bonchev–Trinajstić information content (AvgIpc) is 2.35. The lowest BCUT2D eigenvalue weighted by Gasteiger charge is -2.23. The molecule has 0 bridgehead atoms. The van der Waals surface area contributed by atoms with Crippen LogP contribution in [0.1, 0.15) is 33.1 Å². The summed E-state index contributed by atoms with van der Waals surface area (Å²) < 4.78 is 5.25. The number of methoxy groups -OCH3 is 1. The molecule has 0 fully saturated rings. The van der Waals surface area contributed by atoms with Crippen molar-refractivity contribution in [2.75, 3.05) is 25.1 Å². The fourth-order valence-corrected chi connectivity index (χ4v) is 1.83. The molecule has 1 rings (SSSR count). The van der Waals surface area contributed by atoms with E-state index < -0.39 is 0 Å². The van der Waals surface area contributed by atoms with Crippen molar-refractivity contribution in [2.24, 2.45) is 0 Å². The van der Waals surface area contributed by atoms with Crippen LogP contribution in [0.3, 0.4) is 0 Å². The maximum atomic E-state index is 5.25. The van der Waals surface area contributed by atoms with E-state index >= 15 is 0 Å². The molecule has 0 spiro atoms. The van der Waals surface area contributed by atoms with Gasteiger partial charge in [-0.3, -0.25) is 0 Å². The van der Waals surface area contributed by atoms with Crippen LogP contribution >= 0.6 is 0 Å². The first-order chi connectivity index (χ1) is 7.81. The van der Waals surface area contributed by atoms with Crippen molar-refractivity contribution in [1.29, 1.82) is 0 Å². The van der Waals surface area contributed by atoms with Gasteiger partial charge < -0.3 is 9.64 Å². The Balaban J connectivity index is 2.62. The van der Waals surface area contributed by atoms with E-state index in [0.29, 0.717) is 0 Å². The summed E-state index contributed by atoms with van der Waals surface area (Å²) in [6, 6.07) is 8.30. The second-order valence-electron chi connectivity index (χ2n) is 3.99. The van der Waals surface area contributed by atoms with Crippen LogP contribution in [0.25, 0.3) is 0 Å². The Hall–Kier alpha value is -1.18. The van der Waals surface area contributed by atoms with Gasteiger partial charge in [0.05, 0.1) is 7.11 Å². The first-order valence-electron chi connectivity index (χ1n) is 6.20. The van der Waals surface area contributed by atoms with E-state index in [1.807, 2.05) is 6.07 Å². The van der Waals surface area contributed by atoms with Crippen LogP contribution in [-0.4, -0.2) is 20.2 Å². The van der Waals surface area contributed by atoms with E-state index in [4.69, 9.17) is 4.74 Å². The summed E-state index contributed by atoms with van der Waals surface area (Å²) in [4.78, 5) is 2.40. The summed E-state index contributed by atoms with van der Waals surface area (Å²) in [5.74, 6) is 0.937. The van der Waals surface area contributed by atoms with Gasteiger partial charge in [0.25, 0.3) is 0 Å². The van der Waals surface area contributed by atoms with Crippen LogP contribution in [-0.2, 0) is 0 Å². The topological polar surface area (TPSA) is 12.5 Å². The van der Waals surface area contributed by atoms with Gasteiger partial charge in [-0.2, -0.15) is 0 Å². The molecule has 0 radical (unpaired) electrons. The van der Waals surface area contributed by atoms with Crippen molar-refractivity contribution in [3.63, 3.8) is 0 Å². The SMILES string of the molecule is CCCCCN(CC)c1cccc(OC)c1. The number of hydrogen-bond donors (Lipinski definition) is 0. The van der Waals surface area contributed by atoms with Crippen molar-refractivity contribution < 1.29 is 4.74 Å². The van der Waals surface area contributed by atoms with Crippen LogP contribution in [0.2, 0.25) is 0 Å². The highest BCUT2D eigenvalue weighted by atomic mass is 16.5. The second kappa shape index (κ2) is 7.15. The summed E-state index contributed by atoms with van der Waals surface area (Å²) in [6.07, 6.45) is 3.84. The molecule has 0 aliphatic rings. The van der Waals surface area contributed by atoms with Crippen molar-refractivity contribution in [1.82, 2.24) is 0 Å². The van der Waals surface area contributed by atoms with Gasteiger partial charge in [0.15, 0.2) is 0 Å². The van der Waals surface area contributed by atoms with Gasteiger partial charge in [-0.25, -0.2) is 0 Å². The highest BCUT2D eigenvalue weighted by Gasteiger charge is 2.04. The third-order valence-corrected chi connectivity index (χ3v) is 2.83. The van der Waals surface area contributed by atoms with Gasteiger partial charge in [0, 0.05) is 24.8 Å². The van der Waals surface area contributed by atoms with Gasteiger partial charge >= 0.3 is 0 Å². The molecular weight excluding hydrogens is 198 g/mol. The molecule has 1 aromatic carbocycles. The molecule has 0 saturated heterocycles. The minimum absolute atomic E-state index is 0.937. The lowest BCUT2D eigenvalue weighted by molar-refractivity contribution is 0.415. The maximum absolute atomic E-state index is 5.25. The molecule has 0 amide bonds. The number of ether oxygens (including phenoxy) is 1. The molecule has 0 unspecified atom stereocenters. The van der Waals surface area contributed by atoms with E-state index in [1.54, 1.807) is 7.11 Å². The second-order valence-corrected chi connectivity index (χ2v) is 3.99. The van der Waals surface area contributed by atoms with E-state index in [0.717, 1.165) is 18.8 Å². The number of anilines is 1. The zero-order chi connectivity index (χ0) is 11.8. The zero-order valence-corrected chi connectivity index (χ0v) is 10.7. The number of nitrogens with zero attached hydrogens (tertiary/aromatic N) is 1. The average molecular weight is 221 g/mol. The first kappa shape index (κ1) is 12.9. The maximum Gasteiger partial charge on any atom is 0.120 e. The molecule has 0 aliphatic carbocycles. The minimum atomic E-state index is 0.937. The molecular formula is C14H23NO. The predicted molar refractivity (Wildman–Crippen MR) is 70.4 cm³/mol. The molecule has 2 heteroatoms. The fourth-order valence-electron chi connectivity index (χ4n) is 1.83. The molecule has 0 atom stereocenters. The largest absolute Gasteiger partial charge is 0.497 e. The third-order valence-electron chi connectivity index (χ3n) is 2.83. The van der Waals surface area contributed by atoms with E-state index in [2.05, 4.69) is 36.9 Å². The van der Waals surface area contributed by atoms with Crippen LogP contribution in [0.4, 0.5) is 5.69 Å². The van der Waals surface area contributed by atoms with Gasteiger partial charge in [-0.15, -0.1) is 0 Å². The fraction of sp³-hybridized carbons (Fsp3) is 0.571. The molecule has 0 saturated carbocycles. The molecule has 0 N–H and O–H groups in total. The lowest BCUT2D eigenvalue weighted by atomic mass is 10.2. The molecule has 90 valence electrons. The van der Waals surface area contributed by atoms with Crippen molar-refractivity contribution in [2.45, 2.75) is 33.1 Å². The van der Waals surface area contributed by atoms with E-state index in [-0.39, 0.29) is 0 Å². The Morgan fingerprint density at radius 2 is 2.00 bits per heavy atom. The summed E-state index contributed by atoms with van der Waals surface area (Å²) in [5, 5.41) is 0. The number of hydrogen-bond acceptors (Lipinski definition) is 2. The summed E-state index contributed by atoms with van der Waals surface area (Å²) in [5.41, 5.74) is 1.26. The highest BCUT2D eigenvalue weighted by molar-refractivity contribution is 5.50. The molecule has 2 nitrogen and oxygen atoms in total. The van der Waals surface area contributed by atoms with Crippen molar-refractivity contribution in [3.8, 4) is 5.75 Å². The standard InChI is InChI=1S/C14H23NO/c1-4-6-7-11-15(5-2)13-9-8-10-14(12-13)16-3/h8-10,12H,4-7,11H2,1-3H3. The Morgan fingerprint density at radius 1 is 1.19 bits per heavy atom. The van der Waals surface area contributed by atoms with Gasteiger partial charge in [-0.05, 0) is 25.5 Å². The predicted octanol–water partition coefficient (Wildman–Crippen LogP) is 3.71. The quantitative estimate of drug-likeness (QED) is 0.651.